The van der Waals surface area contributed by atoms with E-state index in [1.165, 1.54) is 7.11 Å². The molecule has 82 valence electrons. The average Bonchev–Trinajstić information content (AvgIpc) is 2.80. The van der Waals surface area contributed by atoms with Gasteiger partial charge in [0.05, 0.1) is 18.0 Å². The normalized spacial score (nSPS) is 50.7. The largest absolute Gasteiger partial charge is 0.469 e. The smallest absolute Gasteiger partial charge is 0.313 e. The Morgan fingerprint density at radius 1 is 1.40 bits per heavy atom. The number of halogens is 1. The van der Waals surface area contributed by atoms with Gasteiger partial charge < -0.3 is 14.2 Å². The van der Waals surface area contributed by atoms with Crippen LogP contribution in [0.5, 0.6) is 0 Å². The first-order valence-corrected chi connectivity index (χ1v) is 5.64. The first-order chi connectivity index (χ1) is 7.15. The highest BCUT2D eigenvalue weighted by molar-refractivity contribution is 9.09. The average molecular weight is 277 g/mol. The fourth-order valence-electron chi connectivity index (χ4n) is 2.72. The molecule has 0 spiro atoms. The number of carbonyl (C=O) groups excluding carboxylic acids is 2. The molecule has 0 radical (unpaired) electrons. The van der Waals surface area contributed by atoms with Gasteiger partial charge in [-0.25, -0.2) is 0 Å². The van der Waals surface area contributed by atoms with E-state index in [1.807, 2.05) is 0 Å². The Morgan fingerprint density at radius 2 is 2.13 bits per heavy atom. The molecule has 5 nitrogen and oxygen atoms in total. The van der Waals surface area contributed by atoms with E-state index < -0.39 is 17.8 Å². The number of alkyl halides is 1. The molecule has 0 aromatic rings. The molecule has 3 fully saturated rings. The lowest BCUT2D eigenvalue weighted by Gasteiger charge is -2.22. The minimum atomic E-state index is -0.518. The van der Waals surface area contributed by atoms with Crippen molar-refractivity contribution in [1.29, 1.82) is 0 Å². The number of hydrogen-bond acceptors (Lipinski definition) is 5. The van der Waals surface area contributed by atoms with Gasteiger partial charge in [-0.2, -0.15) is 0 Å². The Labute approximate surface area is 94.2 Å². The number of methoxy groups -OCH3 is 1. The van der Waals surface area contributed by atoms with Crippen LogP contribution in [0.2, 0.25) is 0 Å². The van der Waals surface area contributed by atoms with Crippen molar-refractivity contribution in [1.82, 2.24) is 0 Å². The highest BCUT2D eigenvalue weighted by Crippen LogP contribution is 2.52. The number of hydrogen-bond donors (Lipinski definition) is 0. The summed E-state index contributed by atoms with van der Waals surface area (Å²) in [5.41, 5.74) is 0. The van der Waals surface area contributed by atoms with E-state index in [0.717, 1.165) is 0 Å². The van der Waals surface area contributed by atoms with Crippen LogP contribution in [0, 0.1) is 11.8 Å². The van der Waals surface area contributed by atoms with E-state index in [2.05, 4.69) is 20.7 Å². The number of fused-ring (bicyclic) bond motifs is 1. The first-order valence-electron chi connectivity index (χ1n) is 4.73. The van der Waals surface area contributed by atoms with Gasteiger partial charge in [-0.05, 0) is 0 Å². The van der Waals surface area contributed by atoms with E-state index in [1.54, 1.807) is 0 Å². The molecule has 3 aliphatic rings. The standard InChI is InChI=1S/C9H9BrO5/c1-13-8(11)2-3-6-7(15-9(3)12)4(10)5(2)14-6/h2-7H,1H3/t2-,3+,4-,5-,6-,7-/m1/s1. The number of esters is 2. The molecule has 15 heavy (non-hydrogen) atoms. The number of carbonyl (C=O) groups is 2. The Kier molecular flexibility index (Phi) is 1.88. The van der Waals surface area contributed by atoms with Crippen LogP contribution in [0.25, 0.3) is 0 Å². The van der Waals surface area contributed by atoms with E-state index in [-0.39, 0.29) is 29.1 Å². The van der Waals surface area contributed by atoms with Gasteiger partial charge in [0, 0.05) is 0 Å². The van der Waals surface area contributed by atoms with Crippen LogP contribution < -0.4 is 0 Å². The molecule has 0 aromatic heterocycles. The van der Waals surface area contributed by atoms with Crippen molar-refractivity contribution in [2.45, 2.75) is 23.1 Å². The third kappa shape index (κ3) is 1.01. The quantitative estimate of drug-likeness (QED) is 0.493. The highest BCUT2D eigenvalue weighted by atomic mass is 79.9. The van der Waals surface area contributed by atoms with Crippen LogP contribution >= 0.6 is 15.9 Å². The van der Waals surface area contributed by atoms with Crippen LogP contribution in [-0.2, 0) is 23.8 Å². The Balaban J connectivity index is 1.98. The van der Waals surface area contributed by atoms with Crippen molar-refractivity contribution < 1.29 is 23.8 Å². The zero-order valence-corrected chi connectivity index (χ0v) is 9.47. The highest BCUT2D eigenvalue weighted by Gasteiger charge is 2.69. The fraction of sp³-hybridized carbons (Fsp3) is 0.778. The van der Waals surface area contributed by atoms with Crippen molar-refractivity contribution in [3.63, 3.8) is 0 Å². The van der Waals surface area contributed by atoms with Crippen LogP contribution in [0.4, 0.5) is 0 Å². The Bertz CT molecular complexity index is 343. The Morgan fingerprint density at radius 3 is 2.80 bits per heavy atom. The van der Waals surface area contributed by atoms with Gasteiger partial charge in [0.25, 0.3) is 0 Å². The van der Waals surface area contributed by atoms with Crippen LogP contribution in [-0.4, -0.2) is 42.2 Å². The molecule has 3 aliphatic heterocycles. The lowest BCUT2D eigenvalue weighted by atomic mass is 9.80. The van der Waals surface area contributed by atoms with E-state index >= 15 is 0 Å². The zero-order chi connectivity index (χ0) is 10.7. The van der Waals surface area contributed by atoms with Crippen molar-refractivity contribution >= 4 is 27.9 Å². The first kappa shape index (κ1) is 9.59. The second-order valence-electron chi connectivity index (χ2n) is 3.99. The van der Waals surface area contributed by atoms with Crippen LogP contribution in [0.15, 0.2) is 0 Å². The minimum absolute atomic E-state index is 0.103. The van der Waals surface area contributed by atoms with Gasteiger partial charge in [0.15, 0.2) is 0 Å². The molecular formula is C9H9BrO5. The number of ether oxygens (including phenoxy) is 3. The summed E-state index contributed by atoms with van der Waals surface area (Å²) in [4.78, 5) is 23.0. The van der Waals surface area contributed by atoms with Crippen molar-refractivity contribution in [2.24, 2.45) is 11.8 Å². The summed E-state index contributed by atoms with van der Waals surface area (Å²) in [6.07, 6.45) is -0.826. The molecule has 3 rings (SSSR count). The molecule has 3 saturated heterocycles. The second kappa shape index (κ2) is 2.95. The van der Waals surface area contributed by atoms with E-state index in [4.69, 9.17) is 9.47 Å². The van der Waals surface area contributed by atoms with Crippen molar-refractivity contribution in [2.75, 3.05) is 7.11 Å². The zero-order valence-electron chi connectivity index (χ0n) is 7.88. The molecule has 3 heterocycles. The second-order valence-corrected chi connectivity index (χ2v) is 5.04. The summed E-state index contributed by atoms with van der Waals surface area (Å²) in [5, 5.41) is 0. The van der Waals surface area contributed by atoms with Crippen molar-refractivity contribution in [3.05, 3.63) is 0 Å². The summed E-state index contributed by atoms with van der Waals surface area (Å²) in [6.45, 7) is 0. The van der Waals surface area contributed by atoms with E-state index in [0.29, 0.717) is 0 Å². The summed E-state index contributed by atoms with van der Waals surface area (Å²) in [6, 6.07) is 0. The molecule has 0 aliphatic carbocycles. The third-order valence-electron chi connectivity index (χ3n) is 3.36. The molecule has 0 N–H and O–H groups in total. The maximum Gasteiger partial charge on any atom is 0.313 e. The molecule has 0 amide bonds. The molecule has 2 bridgehead atoms. The Hall–Kier alpha value is -0.620. The van der Waals surface area contributed by atoms with Gasteiger partial charge in [-0.3, -0.25) is 9.59 Å². The molecule has 0 saturated carbocycles. The lowest BCUT2D eigenvalue weighted by Crippen LogP contribution is -2.43. The molecule has 0 unspecified atom stereocenters. The molecule has 6 atom stereocenters. The monoisotopic (exact) mass is 276 g/mol. The van der Waals surface area contributed by atoms with Gasteiger partial charge in [-0.1, -0.05) is 15.9 Å². The third-order valence-corrected chi connectivity index (χ3v) is 4.40. The minimum Gasteiger partial charge on any atom is -0.469 e. The van der Waals surface area contributed by atoms with Gasteiger partial charge in [0.2, 0.25) is 0 Å². The van der Waals surface area contributed by atoms with Gasteiger partial charge in [0.1, 0.15) is 24.0 Å². The van der Waals surface area contributed by atoms with Gasteiger partial charge >= 0.3 is 11.9 Å². The van der Waals surface area contributed by atoms with E-state index in [9.17, 15) is 9.59 Å². The maximum absolute atomic E-state index is 11.6. The van der Waals surface area contributed by atoms with Crippen LogP contribution in [0.1, 0.15) is 0 Å². The fourth-order valence-corrected chi connectivity index (χ4v) is 3.59. The van der Waals surface area contributed by atoms with Gasteiger partial charge in [-0.15, -0.1) is 0 Å². The maximum atomic E-state index is 11.6. The topological polar surface area (TPSA) is 61.8 Å². The summed E-state index contributed by atoms with van der Waals surface area (Å²) in [7, 11) is 1.31. The van der Waals surface area contributed by atoms with Crippen molar-refractivity contribution in [3.8, 4) is 0 Å². The molecule has 0 aromatic carbocycles. The summed E-state index contributed by atoms with van der Waals surface area (Å²) < 4.78 is 15.4. The predicted octanol–water partition coefficient (Wildman–Crippen LogP) is -0.138. The number of rotatable bonds is 1. The molecular weight excluding hydrogens is 268 g/mol. The molecule has 6 heteroatoms. The lowest BCUT2D eigenvalue weighted by molar-refractivity contribution is -0.153. The van der Waals surface area contributed by atoms with Crippen LogP contribution in [0.3, 0.4) is 0 Å². The predicted molar refractivity (Wildman–Crippen MR) is 50.3 cm³/mol. The summed E-state index contributed by atoms with van der Waals surface area (Å²) in [5.74, 6) is -1.73. The SMILES string of the molecule is COC(=O)[C@H]1[C@H]2O[C@H]3[C@H](OC(=O)[C@H]31)[C@@H]2Br. The summed E-state index contributed by atoms with van der Waals surface area (Å²) >= 11 is 3.40.